The fourth-order valence-electron chi connectivity index (χ4n) is 3.97. The second-order valence-corrected chi connectivity index (χ2v) is 6.55. The molecule has 0 unspecified atom stereocenters. The van der Waals surface area contributed by atoms with Gasteiger partial charge in [-0.25, -0.2) is 9.18 Å². The lowest BCUT2D eigenvalue weighted by molar-refractivity contribution is -0.155. The van der Waals surface area contributed by atoms with Gasteiger partial charge in [0, 0.05) is 23.0 Å². The number of carbonyl (C=O) groups excluding carboxylic acids is 2. The van der Waals surface area contributed by atoms with Crippen LogP contribution in [0.25, 0.3) is 10.9 Å². The molecule has 2 aromatic carbocycles. The molecule has 0 saturated carbocycles. The maximum absolute atomic E-state index is 13.4. The SMILES string of the molecule is COC(=O)[C@H]1Cc2c([nH]c3ccccc23)[C@H](c2ccccc2)N1C(=O)CF. The van der Waals surface area contributed by atoms with Gasteiger partial charge in [0.1, 0.15) is 6.04 Å². The molecule has 1 N–H and O–H groups in total. The molecule has 0 bridgehead atoms. The minimum Gasteiger partial charge on any atom is -0.467 e. The third-order valence-electron chi connectivity index (χ3n) is 5.12. The zero-order valence-electron chi connectivity index (χ0n) is 14.8. The number of halogens is 1. The Morgan fingerprint density at radius 3 is 2.56 bits per heavy atom. The number of fused-ring (bicyclic) bond motifs is 3. The predicted molar refractivity (Wildman–Crippen MR) is 98.9 cm³/mol. The largest absolute Gasteiger partial charge is 0.467 e. The van der Waals surface area contributed by atoms with E-state index in [4.69, 9.17) is 4.74 Å². The first-order valence-electron chi connectivity index (χ1n) is 8.75. The predicted octanol–water partition coefficient (Wildman–Crippen LogP) is 3.15. The lowest BCUT2D eigenvalue weighted by Crippen LogP contribution is -2.52. The minimum atomic E-state index is -1.17. The van der Waals surface area contributed by atoms with Gasteiger partial charge in [-0.1, -0.05) is 48.5 Å². The van der Waals surface area contributed by atoms with Gasteiger partial charge < -0.3 is 14.6 Å². The van der Waals surface area contributed by atoms with Gasteiger partial charge in [-0.15, -0.1) is 0 Å². The topological polar surface area (TPSA) is 62.4 Å². The van der Waals surface area contributed by atoms with Crippen molar-refractivity contribution in [2.45, 2.75) is 18.5 Å². The summed E-state index contributed by atoms with van der Waals surface area (Å²) in [5.74, 6) is -1.28. The molecule has 5 nitrogen and oxygen atoms in total. The highest BCUT2D eigenvalue weighted by Crippen LogP contribution is 2.41. The molecule has 0 saturated heterocycles. The first-order chi connectivity index (χ1) is 13.2. The molecule has 1 aliphatic heterocycles. The maximum Gasteiger partial charge on any atom is 0.328 e. The normalized spacial score (nSPS) is 19.0. The second-order valence-electron chi connectivity index (χ2n) is 6.55. The van der Waals surface area contributed by atoms with E-state index in [0.29, 0.717) is 0 Å². The number of rotatable bonds is 3. The minimum absolute atomic E-state index is 0.279. The number of para-hydroxylation sites is 1. The van der Waals surface area contributed by atoms with Crippen LogP contribution in [-0.4, -0.2) is 41.6 Å². The molecule has 1 aliphatic rings. The number of aromatic nitrogens is 1. The number of aromatic amines is 1. The number of H-pyrrole nitrogens is 1. The van der Waals surface area contributed by atoms with E-state index in [0.717, 1.165) is 27.7 Å². The van der Waals surface area contributed by atoms with Gasteiger partial charge >= 0.3 is 5.97 Å². The van der Waals surface area contributed by atoms with Crippen molar-refractivity contribution in [3.63, 3.8) is 0 Å². The molecule has 138 valence electrons. The number of hydrogen-bond acceptors (Lipinski definition) is 3. The van der Waals surface area contributed by atoms with E-state index in [1.165, 1.54) is 12.0 Å². The zero-order chi connectivity index (χ0) is 19.0. The Kier molecular flexibility index (Phi) is 4.39. The molecular formula is C21H19FN2O3. The molecule has 6 heteroatoms. The van der Waals surface area contributed by atoms with Crippen LogP contribution < -0.4 is 0 Å². The third kappa shape index (κ3) is 2.77. The Labute approximate surface area is 155 Å². The van der Waals surface area contributed by atoms with Crippen LogP contribution in [0.3, 0.4) is 0 Å². The molecule has 3 aromatic rings. The van der Waals surface area contributed by atoms with Crippen molar-refractivity contribution in [3.05, 3.63) is 71.4 Å². The summed E-state index contributed by atoms with van der Waals surface area (Å²) in [7, 11) is 1.28. The van der Waals surface area contributed by atoms with E-state index < -0.39 is 30.6 Å². The molecule has 2 heterocycles. The summed E-state index contributed by atoms with van der Waals surface area (Å²) in [6.07, 6.45) is 0.279. The lowest BCUT2D eigenvalue weighted by atomic mass is 9.88. The first-order valence-corrected chi connectivity index (χ1v) is 8.75. The van der Waals surface area contributed by atoms with Crippen LogP contribution in [0.15, 0.2) is 54.6 Å². The summed E-state index contributed by atoms with van der Waals surface area (Å²) < 4.78 is 18.4. The molecular weight excluding hydrogens is 347 g/mol. The number of carbonyl (C=O) groups is 2. The third-order valence-corrected chi connectivity index (χ3v) is 5.12. The van der Waals surface area contributed by atoms with Crippen molar-refractivity contribution in [1.82, 2.24) is 9.88 Å². The number of esters is 1. The highest BCUT2D eigenvalue weighted by atomic mass is 19.1. The van der Waals surface area contributed by atoms with Gasteiger partial charge in [0.15, 0.2) is 6.67 Å². The second kappa shape index (κ2) is 6.87. The summed E-state index contributed by atoms with van der Waals surface area (Å²) in [5.41, 5.74) is 3.49. The molecule has 4 rings (SSSR count). The van der Waals surface area contributed by atoms with Gasteiger partial charge in [0.2, 0.25) is 0 Å². The van der Waals surface area contributed by atoms with Crippen molar-refractivity contribution in [2.24, 2.45) is 0 Å². The van der Waals surface area contributed by atoms with E-state index in [1.54, 1.807) is 0 Å². The standard InChI is InChI=1S/C21H19FN2O3/c1-27-21(26)17-11-15-14-9-5-6-10-16(14)23-19(15)20(24(17)18(25)12-22)13-7-3-2-4-8-13/h2-10,17,20,23H,11-12H2,1H3/t17-,20+/m1/s1. The molecule has 1 aromatic heterocycles. The van der Waals surface area contributed by atoms with E-state index >= 15 is 0 Å². The number of nitrogens with one attached hydrogen (secondary N) is 1. The van der Waals surface area contributed by atoms with E-state index in [1.807, 2.05) is 54.6 Å². The Morgan fingerprint density at radius 1 is 1.15 bits per heavy atom. The number of benzene rings is 2. The average Bonchev–Trinajstić information content (AvgIpc) is 3.10. The number of amides is 1. The smallest absolute Gasteiger partial charge is 0.328 e. The van der Waals surface area contributed by atoms with Gasteiger partial charge in [-0.05, 0) is 17.2 Å². The van der Waals surface area contributed by atoms with E-state index in [2.05, 4.69) is 4.98 Å². The Hall–Kier alpha value is -3.15. The summed E-state index contributed by atoms with van der Waals surface area (Å²) in [6, 6.07) is 15.6. The molecule has 0 aliphatic carbocycles. The fraction of sp³-hybridized carbons (Fsp3) is 0.238. The quantitative estimate of drug-likeness (QED) is 0.725. The Balaban J connectivity index is 1.98. The van der Waals surface area contributed by atoms with Crippen LogP contribution in [0.1, 0.15) is 22.9 Å². The number of hydrogen-bond donors (Lipinski definition) is 1. The molecule has 27 heavy (non-hydrogen) atoms. The summed E-state index contributed by atoms with van der Waals surface area (Å²) in [4.78, 5) is 29.7. The number of methoxy groups -OCH3 is 1. The van der Waals surface area contributed by atoms with Crippen molar-refractivity contribution in [3.8, 4) is 0 Å². The maximum atomic E-state index is 13.4. The van der Waals surface area contributed by atoms with Crippen LogP contribution in [-0.2, 0) is 20.7 Å². The van der Waals surface area contributed by atoms with Crippen molar-refractivity contribution in [1.29, 1.82) is 0 Å². The number of nitrogens with zero attached hydrogens (tertiary/aromatic N) is 1. The summed E-state index contributed by atoms with van der Waals surface area (Å²) in [5, 5.41) is 0.995. The van der Waals surface area contributed by atoms with Gasteiger partial charge in [-0.3, -0.25) is 4.79 Å². The van der Waals surface area contributed by atoms with Crippen LogP contribution in [0, 0.1) is 0 Å². The van der Waals surface area contributed by atoms with Crippen LogP contribution in [0.2, 0.25) is 0 Å². The molecule has 0 radical (unpaired) electrons. The van der Waals surface area contributed by atoms with Gasteiger partial charge in [-0.2, -0.15) is 0 Å². The number of alkyl halides is 1. The van der Waals surface area contributed by atoms with Crippen molar-refractivity contribution < 1.29 is 18.7 Å². The highest BCUT2D eigenvalue weighted by molar-refractivity contribution is 5.91. The Morgan fingerprint density at radius 2 is 1.85 bits per heavy atom. The Bertz CT molecular complexity index is 999. The highest BCUT2D eigenvalue weighted by Gasteiger charge is 2.43. The van der Waals surface area contributed by atoms with E-state index in [9.17, 15) is 14.0 Å². The van der Waals surface area contributed by atoms with Gasteiger partial charge in [0.05, 0.1) is 13.2 Å². The number of ether oxygens (including phenoxy) is 1. The molecule has 2 atom stereocenters. The van der Waals surface area contributed by atoms with Crippen LogP contribution in [0.5, 0.6) is 0 Å². The average molecular weight is 366 g/mol. The summed E-state index contributed by atoms with van der Waals surface area (Å²) >= 11 is 0. The van der Waals surface area contributed by atoms with Gasteiger partial charge in [0.25, 0.3) is 5.91 Å². The summed E-state index contributed by atoms with van der Waals surface area (Å²) in [6.45, 7) is -1.17. The van der Waals surface area contributed by atoms with Crippen LogP contribution in [0.4, 0.5) is 4.39 Å². The van der Waals surface area contributed by atoms with Crippen molar-refractivity contribution in [2.75, 3.05) is 13.8 Å². The zero-order valence-corrected chi connectivity index (χ0v) is 14.8. The lowest BCUT2D eigenvalue weighted by Gasteiger charge is -2.40. The monoisotopic (exact) mass is 366 g/mol. The van der Waals surface area contributed by atoms with Crippen molar-refractivity contribution >= 4 is 22.8 Å². The molecule has 0 spiro atoms. The molecule has 1 amide bonds. The molecule has 0 fully saturated rings. The van der Waals surface area contributed by atoms with Crippen LogP contribution >= 0.6 is 0 Å². The van der Waals surface area contributed by atoms with E-state index in [-0.39, 0.29) is 6.42 Å². The first kappa shape index (κ1) is 17.3. The fourth-order valence-corrected chi connectivity index (χ4v) is 3.97.